The van der Waals surface area contributed by atoms with Crippen molar-refractivity contribution in [2.45, 2.75) is 18.6 Å². The fraction of sp³-hybridized carbons (Fsp3) is 0.350. The molecule has 2 aromatic rings. The topological polar surface area (TPSA) is 50.8 Å². The van der Waals surface area contributed by atoms with E-state index < -0.39 is 6.10 Å². The summed E-state index contributed by atoms with van der Waals surface area (Å²) in [4.78, 5) is 14.6. The van der Waals surface area contributed by atoms with E-state index in [1.807, 2.05) is 62.6 Å². The highest BCUT2D eigenvalue weighted by Gasteiger charge is 2.29. The third-order valence-electron chi connectivity index (χ3n) is 4.51. The summed E-state index contributed by atoms with van der Waals surface area (Å²) >= 11 is 0. The van der Waals surface area contributed by atoms with Gasteiger partial charge in [0.15, 0.2) is 6.10 Å². The van der Waals surface area contributed by atoms with Crippen LogP contribution < -0.4 is 14.8 Å². The SMILES string of the molecule is COc1cccc(C(CNC(=O)C2Cc3ccccc3O2)N(C)C)c1. The molecule has 1 heterocycles. The molecule has 132 valence electrons. The zero-order valence-electron chi connectivity index (χ0n) is 14.9. The Bertz CT molecular complexity index is 720. The van der Waals surface area contributed by atoms with Gasteiger partial charge in [-0.15, -0.1) is 0 Å². The Morgan fingerprint density at radius 2 is 2.08 bits per heavy atom. The van der Waals surface area contributed by atoms with E-state index in [1.165, 1.54) is 0 Å². The van der Waals surface area contributed by atoms with Gasteiger partial charge in [-0.25, -0.2) is 0 Å². The minimum atomic E-state index is -0.453. The molecule has 0 saturated carbocycles. The van der Waals surface area contributed by atoms with Crippen LogP contribution in [-0.2, 0) is 11.2 Å². The number of fused-ring (bicyclic) bond motifs is 1. The van der Waals surface area contributed by atoms with Gasteiger partial charge in [0, 0.05) is 13.0 Å². The smallest absolute Gasteiger partial charge is 0.261 e. The predicted octanol–water partition coefficient (Wildman–Crippen LogP) is 2.42. The molecule has 0 spiro atoms. The Morgan fingerprint density at radius 3 is 2.80 bits per heavy atom. The van der Waals surface area contributed by atoms with Crippen LogP contribution in [0.4, 0.5) is 0 Å². The highest BCUT2D eigenvalue weighted by Crippen LogP contribution is 2.28. The Morgan fingerprint density at radius 1 is 1.28 bits per heavy atom. The Labute approximate surface area is 148 Å². The second-order valence-electron chi connectivity index (χ2n) is 6.42. The molecule has 25 heavy (non-hydrogen) atoms. The van der Waals surface area contributed by atoms with Crippen molar-refractivity contribution in [3.05, 3.63) is 59.7 Å². The van der Waals surface area contributed by atoms with Crippen molar-refractivity contribution in [3.8, 4) is 11.5 Å². The van der Waals surface area contributed by atoms with Gasteiger partial charge in [-0.3, -0.25) is 4.79 Å². The molecule has 0 bridgehead atoms. The van der Waals surface area contributed by atoms with Crippen LogP contribution in [0.5, 0.6) is 11.5 Å². The van der Waals surface area contributed by atoms with Crippen molar-refractivity contribution in [2.24, 2.45) is 0 Å². The number of nitrogens with zero attached hydrogens (tertiary/aromatic N) is 1. The van der Waals surface area contributed by atoms with Crippen LogP contribution in [0.2, 0.25) is 0 Å². The number of nitrogens with one attached hydrogen (secondary N) is 1. The van der Waals surface area contributed by atoms with E-state index >= 15 is 0 Å². The average molecular weight is 340 g/mol. The summed E-state index contributed by atoms with van der Waals surface area (Å²) in [6.45, 7) is 0.509. The number of hydrogen-bond acceptors (Lipinski definition) is 4. The van der Waals surface area contributed by atoms with E-state index in [1.54, 1.807) is 7.11 Å². The molecule has 1 aliphatic rings. The molecule has 2 aromatic carbocycles. The number of methoxy groups -OCH3 is 1. The molecule has 3 rings (SSSR count). The molecule has 1 N–H and O–H groups in total. The van der Waals surface area contributed by atoms with E-state index in [-0.39, 0.29) is 11.9 Å². The first-order valence-electron chi connectivity index (χ1n) is 8.41. The fourth-order valence-electron chi connectivity index (χ4n) is 3.09. The molecule has 0 saturated heterocycles. The van der Waals surface area contributed by atoms with Gasteiger partial charge in [-0.1, -0.05) is 30.3 Å². The molecule has 0 aromatic heterocycles. The minimum absolute atomic E-state index is 0.0582. The van der Waals surface area contributed by atoms with Crippen molar-refractivity contribution < 1.29 is 14.3 Å². The lowest BCUT2D eigenvalue weighted by molar-refractivity contribution is -0.127. The summed E-state index contributed by atoms with van der Waals surface area (Å²) in [7, 11) is 5.65. The minimum Gasteiger partial charge on any atom is -0.497 e. The summed E-state index contributed by atoms with van der Waals surface area (Å²) in [5.41, 5.74) is 2.18. The molecule has 0 fully saturated rings. The molecule has 1 amide bonds. The summed E-state index contributed by atoms with van der Waals surface area (Å²) in [5, 5.41) is 3.03. The highest BCUT2D eigenvalue weighted by molar-refractivity contribution is 5.82. The van der Waals surface area contributed by atoms with Crippen LogP contribution >= 0.6 is 0 Å². The number of amides is 1. The lowest BCUT2D eigenvalue weighted by atomic mass is 10.1. The van der Waals surface area contributed by atoms with Crippen LogP contribution in [0, 0.1) is 0 Å². The third kappa shape index (κ3) is 3.94. The first-order valence-corrected chi connectivity index (χ1v) is 8.41. The molecular weight excluding hydrogens is 316 g/mol. The van der Waals surface area contributed by atoms with E-state index in [4.69, 9.17) is 9.47 Å². The van der Waals surface area contributed by atoms with Crippen LogP contribution in [0.15, 0.2) is 48.5 Å². The van der Waals surface area contributed by atoms with Crippen LogP contribution in [0.3, 0.4) is 0 Å². The van der Waals surface area contributed by atoms with Gasteiger partial charge in [-0.05, 0) is 43.4 Å². The average Bonchev–Trinajstić information content (AvgIpc) is 3.06. The van der Waals surface area contributed by atoms with E-state index in [0.717, 1.165) is 22.6 Å². The van der Waals surface area contributed by atoms with Gasteiger partial charge in [-0.2, -0.15) is 0 Å². The Balaban J connectivity index is 1.63. The number of rotatable bonds is 6. The van der Waals surface area contributed by atoms with Crippen molar-refractivity contribution in [2.75, 3.05) is 27.7 Å². The quantitative estimate of drug-likeness (QED) is 0.877. The Kier molecular flexibility index (Phi) is 5.24. The zero-order chi connectivity index (χ0) is 17.8. The highest BCUT2D eigenvalue weighted by atomic mass is 16.5. The van der Waals surface area contributed by atoms with Gasteiger partial charge in [0.1, 0.15) is 11.5 Å². The molecule has 5 heteroatoms. The van der Waals surface area contributed by atoms with Crippen molar-refractivity contribution >= 4 is 5.91 Å². The number of carbonyl (C=O) groups is 1. The van der Waals surface area contributed by atoms with Crippen LogP contribution in [-0.4, -0.2) is 44.7 Å². The van der Waals surface area contributed by atoms with Crippen LogP contribution in [0.25, 0.3) is 0 Å². The largest absolute Gasteiger partial charge is 0.497 e. The predicted molar refractivity (Wildman–Crippen MR) is 97.0 cm³/mol. The number of carbonyl (C=O) groups excluding carboxylic acids is 1. The van der Waals surface area contributed by atoms with E-state index in [9.17, 15) is 4.79 Å². The van der Waals surface area contributed by atoms with Crippen LogP contribution in [0.1, 0.15) is 17.2 Å². The molecule has 0 aliphatic carbocycles. The Hall–Kier alpha value is -2.53. The van der Waals surface area contributed by atoms with Crippen molar-refractivity contribution in [1.29, 1.82) is 0 Å². The normalized spacial score (nSPS) is 16.9. The number of para-hydroxylation sites is 1. The zero-order valence-corrected chi connectivity index (χ0v) is 14.9. The summed E-state index contributed by atoms with van der Waals surface area (Å²) in [6, 6.07) is 15.8. The van der Waals surface area contributed by atoms with Gasteiger partial charge >= 0.3 is 0 Å². The number of hydrogen-bond donors (Lipinski definition) is 1. The lowest BCUT2D eigenvalue weighted by Crippen LogP contribution is -2.41. The van der Waals surface area contributed by atoms with Crippen molar-refractivity contribution in [3.63, 3.8) is 0 Å². The maximum Gasteiger partial charge on any atom is 0.261 e. The first kappa shape index (κ1) is 17.3. The molecule has 2 atom stereocenters. The summed E-state index contributed by atoms with van der Waals surface area (Å²) in [6.07, 6.45) is 0.166. The maximum absolute atomic E-state index is 12.5. The number of ether oxygens (including phenoxy) is 2. The standard InChI is InChI=1S/C20H24N2O3/c1-22(2)17(14-8-6-9-16(11-14)24-3)13-21-20(23)19-12-15-7-4-5-10-18(15)25-19/h4-11,17,19H,12-13H2,1-3H3,(H,21,23). The van der Waals surface area contributed by atoms with Crippen molar-refractivity contribution in [1.82, 2.24) is 10.2 Å². The summed E-state index contributed by atoms with van der Waals surface area (Å²) in [5.74, 6) is 1.54. The van der Waals surface area contributed by atoms with Gasteiger partial charge in [0.05, 0.1) is 13.2 Å². The maximum atomic E-state index is 12.5. The third-order valence-corrected chi connectivity index (χ3v) is 4.51. The monoisotopic (exact) mass is 340 g/mol. The fourth-order valence-corrected chi connectivity index (χ4v) is 3.09. The molecular formula is C20H24N2O3. The molecule has 1 aliphatic heterocycles. The lowest BCUT2D eigenvalue weighted by Gasteiger charge is -2.26. The van der Waals surface area contributed by atoms with Gasteiger partial charge in [0.25, 0.3) is 5.91 Å². The second kappa shape index (κ2) is 7.57. The number of likely N-dealkylation sites (N-methyl/N-ethyl adjacent to an activating group) is 1. The van der Waals surface area contributed by atoms with Gasteiger partial charge < -0.3 is 19.7 Å². The van der Waals surface area contributed by atoms with Gasteiger partial charge in [0.2, 0.25) is 0 Å². The molecule has 2 unspecified atom stereocenters. The summed E-state index contributed by atoms with van der Waals surface area (Å²) < 4.78 is 11.1. The number of benzene rings is 2. The second-order valence-corrected chi connectivity index (χ2v) is 6.42. The van der Waals surface area contributed by atoms with E-state index in [2.05, 4.69) is 10.2 Å². The molecule has 0 radical (unpaired) electrons. The molecule has 5 nitrogen and oxygen atoms in total. The first-order chi connectivity index (χ1) is 12.1. The van der Waals surface area contributed by atoms with E-state index in [0.29, 0.717) is 13.0 Å².